The Balaban J connectivity index is 2.23. The third kappa shape index (κ3) is 3.24. The van der Waals surface area contributed by atoms with Gasteiger partial charge in [0.2, 0.25) is 5.88 Å². The Morgan fingerprint density at radius 2 is 2.25 bits per heavy atom. The van der Waals surface area contributed by atoms with Crippen molar-refractivity contribution >= 4 is 23.2 Å². The summed E-state index contributed by atoms with van der Waals surface area (Å²) in [6.45, 7) is 2.24. The van der Waals surface area contributed by atoms with Crippen molar-refractivity contribution in [2.24, 2.45) is 0 Å². The molecule has 0 aliphatic rings. The molecule has 6 heteroatoms. The van der Waals surface area contributed by atoms with Gasteiger partial charge in [0.25, 0.3) is 5.91 Å². The maximum Gasteiger partial charge on any atom is 0.257 e. The lowest BCUT2D eigenvalue weighted by Gasteiger charge is -2.10. The summed E-state index contributed by atoms with van der Waals surface area (Å²) in [4.78, 5) is 16.1. The summed E-state index contributed by atoms with van der Waals surface area (Å²) < 4.78 is 18.3. The Kier molecular flexibility index (Phi) is 4.53. The SMILES string of the molecule is CCOc1ncccc1NC(=O)c1ccc(F)cc1Cl. The van der Waals surface area contributed by atoms with Crippen LogP contribution in [-0.2, 0) is 0 Å². The minimum Gasteiger partial charge on any atom is -0.476 e. The zero-order valence-corrected chi connectivity index (χ0v) is 11.4. The maximum absolute atomic E-state index is 13.0. The number of nitrogens with zero attached hydrogens (tertiary/aromatic N) is 1. The molecule has 0 bridgehead atoms. The van der Waals surface area contributed by atoms with Gasteiger partial charge in [-0.15, -0.1) is 0 Å². The first-order chi connectivity index (χ1) is 9.61. The molecule has 0 radical (unpaired) electrons. The molecular formula is C14H12ClFN2O2. The molecule has 1 heterocycles. The number of halogens is 2. The predicted octanol–water partition coefficient (Wildman–Crippen LogP) is 3.53. The quantitative estimate of drug-likeness (QED) is 0.938. The van der Waals surface area contributed by atoms with Gasteiger partial charge in [0.05, 0.1) is 17.2 Å². The molecule has 2 aromatic rings. The Morgan fingerprint density at radius 1 is 1.45 bits per heavy atom. The summed E-state index contributed by atoms with van der Waals surface area (Å²) in [5.74, 6) is -0.631. The van der Waals surface area contributed by atoms with Gasteiger partial charge in [-0.2, -0.15) is 0 Å². The third-order valence-electron chi connectivity index (χ3n) is 2.48. The van der Waals surface area contributed by atoms with Crippen LogP contribution in [0.1, 0.15) is 17.3 Å². The van der Waals surface area contributed by atoms with E-state index in [1.54, 1.807) is 18.3 Å². The van der Waals surface area contributed by atoms with E-state index in [2.05, 4.69) is 10.3 Å². The van der Waals surface area contributed by atoms with Crippen LogP contribution in [0.4, 0.5) is 10.1 Å². The van der Waals surface area contributed by atoms with Crippen LogP contribution in [0.2, 0.25) is 5.02 Å². The molecule has 104 valence electrons. The smallest absolute Gasteiger partial charge is 0.257 e. The molecule has 0 spiro atoms. The summed E-state index contributed by atoms with van der Waals surface area (Å²) in [6.07, 6.45) is 1.56. The molecule has 0 aliphatic heterocycles. The largest absolute Gasteiger partial charge is 0.476 e. The van der Waals surface area contributed by atoms with E-state index < -0.39 is 11.7 Å². The molecule has 0 aliphatic carbocycles. The average Bonchev–Trinajstić information content (AvgIpc) is 2.41. The number of aromatic nitrogens is 1. The van der Waals surface area contributed by atoms with Crippen LogP contribution in [0.5, 0.6) is 5.88 Å². The number of anilines is 1. The summed E-state index contributed by atoms with van der Waals surface area (Å²) in [5.41, 5.74) is 0.610. The molecule has 4 nitrogen and oxygen atoms in total. The van der Waals surface area contributed by atoms with E-state index in [4.69, 9.17) is 16.3 Å². The van der Waals surface area contributed by atoms with Crippen LogP contribution in [0, 0.1) is 5.82 Å². The number of benzene rings is 1. The summed E-state index contributed by atoms with van der Waals surface area (Å²) in [7, 11) is 0. The van der Waals surface area contributed by atoms with Crippen LogP contribution in [0.15, 0.2) is 36.5 Å². The number of hydrogen-bond donors (Lipinski definition) is 1. The molecule has 0 saturated heterocycles. The van der Waals surface area contributed by atoms with Crippen LogP contribution in [0.25, 0.3) is 0 Å². The highest BCUT2D eigenvalue weighted by Crippen LogP contribution is 2.23. The third-order valence-corrected chi connectivity index (χ3v) is 2.79. The number of rotatable bonds is 4. The zero-order chi connectivity index (χ0) is 14.5. The first kappa shape index (κ1) is 14.3. The molecule has 0 atom stereocenters. The molecule has 0 unspecified atom stereocenters. The van der Waals surface area contributed by atoms with Crippen LogP contribution in [0.3, 0.4) is 0 Å². The van der Waals surface area contributed by atoms with E-state index in [9.17, 15) is 9.18 Å². The second-order valence-corrected chi connectivity index (χ2v) is 4.27. The van der Waals surface area contributed by atoms with Crippen LogP contribution < -0.4 is 10.1 Å². The number of nitrogens with one attached hydrogen (secondary N) is 1. The lowest BCUT2D eigenvalue weighted by Crippen LogP contribution is -2.14. The Hall–Kier alpha value is -2.14. The lowest BCUT2D eigenvalue weighted by molar-refractivity contribution is 0.102. The minimum absolute atomic E-state index is 0.0457. The van der Waals surface area contributed by atoms with Gasteiger partial charge in [-0.3, -0.25) is 4.79 Å². The van der Waals surface area contributed by atoms with E-state index in [0.717, 1.165) is 6.07 Å². The van der Waals surface area contributed by atoms with E-state index in [-0.39, 0.29) is 10.6 Å². The van der Waals surface area contributed by atoms with E-state index in [1.807, 2.05) is 6.92 Å². The number of carbonyl (C=O) groups is 1. The molecule has 0 fully saturated rings. The second kappa shape index (κ2) is 6.34. The molecule has 1 amide bonds. The second-order valence-electron chi connectivity index (χ2n) is 3.87. The molecule has 1 N–H and O–H groups in total. The van der Waals surface area contributed by atoms with Crippen molar-refractivity contribution in [2.75, 3.05) is 11.9 Å². The minimum atomic E-state index is -0.497. The molecule has 1 aromatic carbocycles. The monoisotopic (exact) mass is 294 g/mol. The van der Waals surface area contributed by atoms with E-state index >= 15 is 0 Å². The molecule has 0 saturated carbocycles. The van der Waals surface area contributed by atoms with E-state index in [1.165, 1.54) is 12.1 Å². The highest BCUT2D eigenvalue weighted by molar-refractivity contribution is 6.34. The standard InChI is InChI=1S/C14H12ClFN2O2/c1-2-20-14-12(4-3-7-17-14)18-13(19)10-6-5-9(16)8-11(10)15/h3-8H,2H2,1H3,(H,18,19). The first-order valence-corrected chi connectivity index (χ1v) is 6.34. The number of carbonyl (C=O) groups excluding carboxylic acids is 1. The van der Waals surface area contributed by atoms with Crippen molar-refractivity contribution in [1.82, 2.24) is 4.98 Å². The normalized spacial score (nSPS) is 10.2. The van der Waals surface area contributed by atoms with Gasteiger partial charge < -0.3 is 10.1 Å². The van der Waals surface area contributed by atoms with Gasteiger partial charge in [-0.25, -0.2) is 9.37 Å². The van der Waals surface area contributed by atoms with Gasteiger partial charge >= 0.3 is 0 Å². The highest BCUT2D eigenvalue weighted by Gasteiger charge is 2.14. The van der Waals surface area contributed by atoms with Gasteiger partial charge in [0.15, 0.2) is 0 Å². The van der Waals surface area contributed by atoms with Gasteiger partial charge in [-0.1, -0.05) is 11.6 Å². The van der Waals surface area contributed by atoms with Crippen molar-refractivity contribution in [3.8, 4) is 5.88 Å². The fraction of sp³-hybridized carbons (Fsp3) is 0.143. The zero-order valence-electron chi connectivity index (χ0n) is 10.7. The lowest BCUT2D eigenvalue weighted by atomic mass is 10.2. The fourth-order valence-corrected chi connectivity index (χ4v) is 1.85. The van der Waals surface area contributed by atoms with Crippen LogP contribution in [-0.4, -0.2) is 17.5 Å². The van der Waals surface area contributed by atoms with Crippen molar-refractivity contribution in [3.05, 3.63) is 52.9 Å². The topological polar surface area (TPSA) is 51.2 Å². The first-order valence-electron chi connectivity index (χ1n) is 5.96. The molecule has 20 heavy (non-hydrogen) atoms. The highest BCUT2D eigenvalue weighted by atomic mass is 35.5. The van der Waals surface area contributed by atoms with Crippen molar-refractivity contribution in [2.45, 2.75) is 6.92 Å². The number of pyridine rings is 1. The molecule has 1 aromatic heterocycles. The molecule has 2 rings (SSSR count). The Labute approximate surface area is 120 Å². The summed E-state index contributed by atoms with van der Waals surface area (Å²) >= 11 is 5.84. The summed E-state index contributed by atoms with van der Waals surface area (Å²) in [5, 5.41) is 2.68. The van der Waals surface area contributed by atoms with Gasteiger partial charge in [0, 0.05) is 6.20 Å². The molecular weight excluding hydrogens is 283 g/mol. The van der Waals surface area contributed by atoms with Crippen molar-refractivity contribution in [1.29, 1.82) is 0 Å². The van der Waals surface area contributed by atoms with Gasteiger partial charge in [-0.05, 0) is 37.3 Å². The number of ether oxygens (including phenoxy) is 1. The summed E-state index contributed by atoms with van der Waals surface area (Å²) in [6, 6.07) is 6.91. The van der Waals surface area contributed by atoms with E-state index in [0.29, 0.717) is 18.2 Å². The Morgan fingerprint density at radius 3 is 2.95 bits per heavy atom. The van der Waals surface area contributed by atoms with Crippen LogP contribution >= 0.6 is 11.6 Å². The average molecular weight is 295 g/mol. The maximum atomic E-state index is 13.0. The van der Waals surface area contributed by atoms with Crippen molar-refractivity contribution in [3.63, 3.8) is 0 Å². The van der Waals surface area contributed by atoms with Gasteiger partial charge in [0.1, 0.15) is 11.5 Å². The number of hydrogen-bond acceptors (Lipinski definition) is 3. The number of amides is 1. The predicted molar refractivity (Wildman–Crippen MR) is 74.8 cm³/mol. The fourth-order valence-electron chi connectivity index (χ4n) is 1.60. The van der Waals surface area contributed by atoms with Crippen molar-refractivity contribution < 1.29 is 13.9 Å². The Bertz CT molecular complexity index is 634.